The van der Waals surface area contributed by atoms with E-state index in [2.05, 4.69) is 6.58 Å². The van der Waals surface area contributed by atoms with Gasteiger partial charge in [-0.05, 0) is 23.1 Å². The van der Waals surface area contributed by atoms with Crippen molar-refractivity contribution in [2.45, 2.75) is 18.3 Å². The van der Waals surface area contributed by atoms with Crippen LogP contribution in [0.1, 0.15) is 16.7 Å². The minimum Gasteiger partial charge on any atom is -0.196 e. The van der Waals surface area contributed by atoms with E-state index in [1.807, 2.05) is 12.1 Å². The molecule has 0 bridgehead atoms. The minimum absolute atomic E-state index is 0.0819. The summed E-state index contributed by atoms with van der Waals surface area (Å²) >= 11 is 0. The van der Waals surface area contributed by atoms with E-state index in [9.17, 15) is 13.2 Å². The highest BCUT2D eigenvalue weighted by Crippen LogP contribution is 2.46. The van der Waals surface area contributed by atoms with Crippen LogP contribution < -0.4 is 0 Å². The van der Waals surface area contributed by atoms with Crippen molar-refractivity contribution in [3.05, 3.63) is 83.9 Å². The van der Waals surface area contributed by atoms with Crippen LogP contribution in [0.15, 0.2) is 67.3 Å². The molecular formula is C18H16F3N. The fourth-order valence-electron chi connectivity index (χ4n) is 3.33. The maximum absolute atomic E-state index is 13.7. The summed E-state index contributed by atoms with van der Waals surface area (Å²) in [5.74, 6) is 0. The standard InChI is InChI=1S/C18H16F3N/c1-2-17(15-9-4-3-5-10-15)16-11-7-6-8-14(16)12-13-22(17)18(19,20)21/h2-11H,1,12-13H2. The zero-order valence-electron chi connectivity index (χ0n) is 12.0. The Balaban J connectivity index is 2.31. The molecule has 3 rings (SSSR count). The number of rotatable bonds is 2. The molecular weight excluding hydrogens is 287 g/mol. The second-order valence-corrected chi connectivity index (χ2v) is 5.36. The lowest BCUT2D eigenvalue weighted by Gasteiger charge is -2.47. The number of fused-ring (bicyclic) bond motifs is 1. The van der Waals surface area contributed by atoms with Crippen molar-refractivity contribution < 1.29 is 13.2 Å². The van der Waals surface area contributed by atoms with Crippen LogP contribution in [0, 0.1) is 0 Å². The summed E-state index contributed by atoms with van der Waals surface area (Å²) in [4.78, 5) is 0.588. The molecule has 0 N–H and O–H groups in total. The summed E-state index contributed by atoms with van der Waals surface area (Å²) in [5, 5.41) is 0. The molecule has 0 spiro atoms. The zero-order valence-corrected chi connectivity index (χ0v) is 12.0. The van der Waals surface area contributed by atoms with E-state index < -0.39 is 11.8 Å². The van der Waals surface area contributed by atoms with Crippen LogP contribution in [0.25, 0.3) is 0 Å². The smallest absolute Gasteiger partial charge is 0.196 e. The number of nitrogens with zero attached hydrogens (tertiary/aromatic N) is 1. The average Bonchev–Trinajstić information content (AvgIpc) is 2.53. The molecule has 0 saturated carbocycles. The molecule has 0 saturated heterocycles. The lowest BCUT2D eigenvalue weighted by Crippen LogP contribution is -2.56. The van der Waals surface area contributed by atoms with Gasteiger partial charge in [-0.1, -0.05) is 60.7 Å². The molecule has 1 heterocycles. The predicted octanol–water partition coefficient (Wildman–Crippen LogP) is 4.49. The van der Waals surface area contributed by atoms with Crippen LogP contribution in [0.5, 0.6) is 0 Å². The summed E-state index contributed by atoms with van der Waals surface area (Å²) in [6.07, 6.45) is -2.65. The first kappa shape index (κ1) is 14.9. The maximum Gasteiger partial charge on any atom is 0.461 e. The van der Waals surface area contributed by atoms with Gasteiger partial charge in [0.05, 0.1) is 5.54 Å². The van der Waals surface area contributed by atoms with Crippen molar-refractivity contribution in [1.82, 2.24) is 4.90 Å². The van der Waals surface area contributed by atoms with E-state index in [1.54, 1.807) is 42.5 Å². The lowest BCUT2D eigenvalue weighted by molar-refractivity contribution is -0.269. The molecule has 1 nitrogen and oxygen atoms in total. The van der Waals surface area contributed by atoms with Crippen LogP contribution in [0.2, 0.25) is 0 Å². The van der Waals surface area contributed by atoms with E-state index in [0.717, 1.165) is 5.56 Å². The normalized spacial score (nSPS) is 22.1. The Morgan fingerprint density at radius 2 is 1.64 bits per heavy atom. The molecule has 0 aromatic heterocycles. The van der Waals surface area contributed by atoms with Gasteiger partial charge in [0, 0.05) is 6.54 Å². The van der Waals surface area contributed by atoms with E-state index in [4.69, 9.17) is 0 Å². The van der Waals surface area contributed by atoms with Gasteiger partial charge >= 0.3 is 6.30 Å². The van der Waals surface area contributed by atoms with Crippen LogP contribution in [-0.2, 0) is 12.0 Å². The summed E-state index contributed by atoms with van der Waals surface area (Å²) in [7, 11) is 0. The van der Waals surface area contributed by atoms with Gasteiger partial charge in [0.25, 0.3) is 0 Å². The predicted molar refractivity (Wildman–Crippen MR) is 80.3 cm³/mol. The molecule has 2 aromatic rings. The van der Waals surface area contributed by atoms with E-state index in [1.165, 1.54) is 6.08 Å². The SMILES string of the molecule is C=CC1(c2ccccc2)c2ccccc2CCN1C(F)(F)F. The van der Waals surface area contributed by atoms with Crippen molar-refractivity contribution in [2.75, 3.05) is 6.54 Å². The number of benzene rings is 2. The van der Waals surface area contributed by atoms with Gasteiger partial charge in [0.15, 0.2) is 0 Å². The number of hydrogen-bond acceptors (Lipinski definition) is 1. The summed E-state index contributed by atoms with van der Waals surface area (Å²) in [6, 6.07) is 16.1. The number of halogens is 3. The monoisotopic (exact) mass is 303 g/mol. The fraction of sp³-hybridized carbons (Fsp3) is 0.222. The highest BCUT2D eigenvalue weighted by molar-refractivity contribution is 5.49. The summed E-state index contributed by atoms with van der Waals surface area (Å²) in [6.45, 7) is 3.67. The molecule has 22 heavy (non-hydrogen) atoms. The largest absolute Gasteiger partial charge is 0.461 e. The third kappa shape index (κ3) is 2.15. The molecule has 4 heteroatoms. The minimum atomic E-state index is -4.43. The Bertz CT molecular complexity index is 678. The first-order valence-corrected chi connectivity index (χ1v) is 7.12. The van der Waals surface area contributed by atoms with Crippen LogP contribution in [0.3, 0.4) is 0 Å². The number of hydrogen-bond donors (Lipinski definition) is 0. The van der Waals surface area contributed by atoms with Crippen molar-refractivity contribution in [2.24, 2.45) is 0 Å². The van der Waals surface area contributed by atoms with Gasteiger partial charge in [-0.2, -0.15) is 18.1 Å². The Morgan fingerprint density at radius 3 is 2.27 bits per heavy atom. The molecule has 0 radical (unpaired) electrons. The van der Waals surface area contributed by atoms with E-state index in [0.29, 0.717) is 22.4 Å². The van der Waals surface area contributed by atoms with Gasteiger partial charge in [-0.3, -0.25) is 0 Å². The van der Waals surface area contributed by atoms with Crippen molar-refractivity contribution in [3.8, 4) is 0 Å². The Labute approximate surface area is 127 Å². The van der Waals surface area contributed by atoms with Crippen molar-refractivity contribution in [3.63, 3.8) is 0 Å². The maximum atomic E-state index is 13.7. The van der Waals surface area contributed by atoms with Gasteiger partial charge in [0.2, 0.25) is 0 Å². The van der Waals surface area contributed by atoms with Crippen molar-refractivity contribution in [1.29, 1.82) is 0 Å². The Morgan fingerprint density at radius 1 is 1.00 bits per heavy atom. The van der Waals surface area contributed by atoms with Crippen molar-refractivity contribution >= 4 is 0 Å². The summed E-state index contributed by atoms with van der Waals surface area (Å²) < 4.78 is 41.0. The number of alkyl halides is 3. The van der Waals surface area contributed by atoms with Gasteiger partial charge in [0.1, 0.15) is 0 Å². The Hall–Kier alpha value is -2.07. The first-order chi connectivity index (χ1) is 10.5. The van der Waals surface area contributed by atoms with Crippen LogP contribution in [-0.4, -0.2) is 17.7 Å². The highest BCUT2D eigenvalue weighted by Gasteiger charge is 2.53. The van der Waals surface area contributed by atoms with Gasteiger partial charge in [-0.15, -0.1) is 6.58 Å². The van der Waals surface area contributed by atoms with Gasteiger partial charge in [-0.25, -0.2) is 0 Å². The molecule has 2 aromatic carbocycles. The second kappa shape index (κ2) is 5.29. The van der Waals surface area contributed by atoms with Crippen LogP contribution in [0.4, 0.5) is 13.2 Å². The molecule has 1 atom stereocenters. The Kier molecular flexibility index (Phi) is 3.57. The zero-order chi connectivity index (χ0) is 15.8. The average molecular weight is 303 g/mol. The molecule has 114 valence electrons. The van der Waals surface area contributed by atoms with Crippen LogP contribution >= 0.6 is 0 Å². The summed E-state index contributed by atoms with van der Waals surface area (Å²) in [5.41, 5.74) is 0.787. The lowest BCUT2D eigenvalue weighted by atomic mass is 9.76. The third-order valence-electron chi connectivity index (χ3n) is 4.27. The van der Waals surface area contributed by atoms with Gasteiger partial charge < -0.3 is 0 Å². The van der Waals surface area contributed by atoms with E-state index >= 15 is 0 Å². The molecule has 1 aliphatic heterocycles. The van der Waals surface area contributed by atoms with E-state index in [-0.39, 0.29) is 6.54 Å². The quantitative estimate of drug-likeness (QED) is 0.583. The second-order valence-electron chi connectivity index (χ2n) is 5.36. The highest BCUT2D eigenvalue weighted by atomic mass is 19.4. The third-order valence-corrected chi connectivity index (χ3v) is 4.27. The topological polar surface area (TPSA) is 3.24 Å². The molecule has 1 unspecified atom stereocenters. The molecule has 0 fully saturated rings. The molecule has 1 aliphatic rings. The molecule has 0 aliphatic carbocycles. The first-order valence-electron chi connectivity index (χ1n) is 7.12. The fourth-order valence-corrected chi connectivity index (χ4v) is 3.33. The molecule has 0 amide bonds.